The molecule has 114 valence electrons. The number of aryl methyl sites for hydroxylation is 2. The average Bonchev–Trinajstić information content (AvgIpc) is 3.15. The second kappa shape index (κ2) is 5.59. The molecular formula is C15H16N4O3. The van der Waals surface area contributed by atoms with Crippen molar-refractivity contribution in [2.45, 2.75) is 20.3 Å². The third-order valence-electron chi connectivity index (χ3n) is 3.58. The first-order valence-corrected chi connectivity index (χ1v) is 7.06. The van der Waals surface area contributed by atoms with Crippen molar-refractivity contribution in [3.8, 4) is 0 Å². The summed E-state index contributed by atoms with van der Waals surface area (Å²) in [5.41, 5.74) is 1.35. The van der Waals surface area contributed by atoms with Gasteiger partial charge < -0.3 is 4.52 Å². The van der Waals surface area contributed by atoms with Crippen molar-refractivity contribution >= 4 is 11.8 Å². The van der Waals surface area contributed by atoms with Crippen molar-refractivity contribution in [3.63, 3.8) is 0 Å². The van der Waals surface area contributed by atoms with Gasteiger partial charge >= 0.3 is 0 Å². The predicted molar refractivity (Wildman–Crippen MR) is 76.9 cm³/mol. The summed E-state index contributed by atoms with van der Waals surface area (Å²) in [5, 5.41) is 6.61. The van der Waals surface area contributed by atoms with Crippen molar-refractivity contribution < 1.29 is 14.1 Å². The maximum atomic E-state index is 12.7. The molecule has 0 aliphatic carbocycles. The van der Waals surface area contributed by atoms with Gasteiger partial charge in [-0.25, -0.2) is 10.0 Å². The zero-order chi connectivity index (χ0) is 15.7. The van der Waals surface area contributed by atoms with Crippen LogP contribution in [0.4, 0.5) is 0 Å². The minimum absolute atomic E-state index is 0.208. The predicted octanol–water partition coefficient (Wildman–Crippen LogP) is 1.59. The Morgan fingerprint density at radius 1 is 1.18 bits per heavy atom. The lowest BCUT2D eigenvalue weighted by atomic mass is 10.2. The molecule has 0 radical (unpaired) electrons. The Bertz CT molecular complexity index is 725. The Hall–Kier alpha value is -2.70. The van der Waals surface area contributed by atoms with Crippen molar-refractivity contribution in [2.75, 3.05) is 13.1 Å². The molecule has 0 atom stereocenters. The molecule has 1 aliphatic rings. The lowest BCUT2D eigenvalue weighted by Gasteiger charge is -2.27. The van der Waals surface area contributed by atoms with Gasteiger partial charge in [0.25, 0.3) is 11.8 Å². The van der Waals surface area contributed by atoms with Gasteiger partial charge in [0.05, 0.1) is 11.3 Å². The minimum atomic E-state index is -0.329. The van der Waals surface area contributed by atoms with Crippen LogP contribution in [0.1, 0.15) is 38.7 Å². The SMILES string of the molecule is Cc1cc(C(=O)N2CCCN2C(=O)c2cccnc2C)no1. The summed E-state index contributed by atoms with van der Waals surface area (Å²) in [7, 11) is 0. The van der Waals surface area contributed by atoms with Gasteiger partial charge in [-0.15, -0.1) is 0 Å². The number of hydrazine groups is 1. The highest BCUT2D eigenvalue weighted by Crippen LogP contribution is 2.19. The van der Waals surface area contributed by atoms with Crippen LogP contribution >= 0.6 is 0 Å². The van der Waals surface area contributed by atoms with E-state index in [9.17, 15) is 9.59 Å². The summed E-state index contributed by atoms with van der Waals surface area (Å²) in [5.74, 6) is 0.00411. The van der Waals surface area contributed by atoms with E-state index in [0.717, 1.165) is 6.42 Å². The van der Waals surface area contributed by atoms with E-state index < -0.39 is 0 Å². The molecule has 0 bridgehead atoms. The highest BCUT2D eigenvalue weighted by molar-refractivity contribution is 5.99. The van der Waals surface area contributed by atoms with Crippen molar-refractivity contribution in [1.29, 1.82) is 0 Å². The van der Waals surface area contributed by atoms with E-state index in [2.05, 4.69) is 10.1 Å². The molecule has 7 heteroatoms. The van der Waals surface area contributed by atoms with Crippen LogP contribution in [0, 0.1) is 13.8 Å². The van der Waals surface area contributed by atoms with Gasteiger partial charge in [0.2, 0.25) is 0 Å². The van der Waals surface area contributed by atoms with Crippen LogP contribution in [0.25, 0.3) is 0 Å². The second-order valence-electron chi connectivity index (χ2n) is 5.17. The lowest BCUT2D eigenvalue weighted by Crippen LogP contribution is -2.45. The number of aromatic nitrogens is 2. The maximum absolute atomic E-state index is 12.7. The largest absolute Gasteiger partial charge is 0.361 e. The molecule has 1 fully saturated rings. The van der Waals surface area contributed by atoms with E-state index in [-0.39, 0.29) is 17.5 Å². The Morgan fingerprint density at radius 2 is 1.91 bits per heavy atom. The molecule has 0 aromatic carbocycles. The van der Waals surface area contributed by atoms with Gasteiger partial charge in [-0.05, 0) is 32.4 Å². The minimum Gasteiger partial charge on any atom is -0.361 e. The molecule has 3 rings (SSSR count). The van der Waals surface area contributed by atoms with Crippen LogP contribution < -0.4 is 0 Å². The zero-order valence-electron chi connectivity index (χ0n) is 12.4. The lowest BCUT2D eigenvalue weighted by molar-refractivity contribution is 0.0179. The number of pyridine rings is 1. The average molecular weight is 300 g/mol. The summed E-state index contributed by atoms with van der Waals surface area (Å²) < 4.78 is 4.93. The molecule has 1 aliphatic heterocycles. The van der Waals surface area contributed by atoms with E-state index >= 15 is 0 Å². The number of carbonyl (C=O) groups is 2. The fraction of sp³-hybridized carbons (Fsp3) is 0.333. The van der Waals surface area contributed by atoms with E-state index in [1.807, 2.05) is 0 Å². The molecule has 2 amide bonds. The van der Waals surface area contributed by atoms with Crippen molar-refractivity contribution in [1.82, 2.24) is 20.2 Å². The number of nitrogens with zero attached hydrogens (tertiary/aromatic N) is 4. The van der Waals surface area contributed by atoms with Gasteiger partial charge in [-0.1, -0.05) is 5.16 Å². The molecular weight excluding hydrogens is 284 g/mol. The van der Waals surface area contributed by atoms with Crippen LogP contribution in [0.5, 0.6) is 0 Å². The number of rotatable bonds is 2. The normalized spacial score (nSPS) is 14.5. The van der Waals surface area contributed by atoms with Crippen LogP contribution in [0.2, 0.25) is 0 Å². The quantitative estimate of drug-likeness (QED) is 0.841. The Morgan fingerprint density at radius 3 is 2.55 bits per heavy atom. The summed E-state index contributed by atoms with van der Waals surface area (Å²) in [6.45, 7) is 4.47. The van der Waals surface area contributed by atoms with E-state index in [4.69, 9.17) is 4.52 Å². The molecule has 0 saturated carbocycles. The first-order chi connectivity index (χ1) is 10.6. The third kappa shape index (κ3) is 2.45. The number of hydrogen-bond acceptors (Lipinski definition) is 5. The highest BCUT2D eigenvalue weighted by atomic mass is 16.5. The summed E-state index contributed by atoms with van der Waals surface area (Å²) in [4.78, 5) is 29.3. The van der Waals surface area contributed by atoms with Crippen LogP contribution in [-0.2, 0) is 0 Å². The Kier molecular flexibility index (Phi) is 3.62. The molecule has 0 N–H and O–H groups in total. The smallest absolute Gasteiger partial charge is 0.294 e. The molecule has 2 aromatic heterocycles. The van der Waals surface area contributed by atoms with Gasteiger partial charge in [0.1, 0.15) is 5.76 Å². The first-order valence-electron chi connectivity index (χ1n) is 7.06. The van der Waals surface area contributed by atoms with Crippen molar-refractivity contribution in [2.24, 2.45) is 0 Å². The first kappa shape index (κ1) is 14.2. The maximum Gasteiger partial charge on any atom is 0.294 e. The fourth-order valence-corrected chi connectivity index (χ4v) is 2.48. The van der Waals surface area contributed by atoms with Crippen molar-refractivity contribution in [3.05, 3.63) is 47.1 Å². The summed E-state index contributed by atoms with van der Waals surface area (Å²) in [6.07, 6.45) is 2.37. The molecule has 2 aromatic rings. The summed E-state index contributed by atoms with van der Waals surface area (Å²) in [6, 6.07) is 4.99. The van der Waals surface area contributed by atoms with Crippen LogP contribution in [0.15, 0.2) is 28.9 Å². The van der Waals surface area contributed by atoms with E-state index in [0.29, 0.717) is 30.1 Å². The fourth-order valence-electron chi connectivity index (χ4n) is 2.48. The second-order valence-corrected chi connectivity index (χ2v) is 5.17. The highest BCUT2D eigenvalue weighted by Gasteiger charge is 2.33. The van der Waals surface area contributed by atoms with Gasteiger partial charge in [-0.3, -0.25) is 14.6 Å². The molecule has 0 spiro atoms. The topological polar surface area (TPSA) is 79.5 Å². The van der Waals surface area contributed by atoms with E-state index in [1.165, 1.54) is 10.0 Å². The van der Waals surface area contributed by atoms with Gasteiger partial charge in [-0.2, -0.15) is 0 Å². The monoisotopic (exact) mass is 300 g/mol. The molecule has 22 heavy (non-hydrogen) atoms. The number of amides is 2. The molecule has 1 saturated heterocycles. The molecule has 3 heterocycles. The van der Waals surface area contributed by atoms with E-state index in [1.54, 1.807) is 38.2 Å². The van der Waals surface area contributed by atoms with Crippen LogP contribution in [0.3, 0.4) is 0 Å². The van der Waals surface area contributed by atoms with Gasteiger partial charge in [0, 0.05) is 25.4 Å². The van der Waals surface area contributed by atoms with Crippen LogP contribution in [-0.4, -0.2) is 45.1 Å². The number of hydrogen-bond donors (Lipinski definition) is 0. The standard InChI is InChI=1S/C15H16N4O3/c1-10-9-13(17-22-10)15(21)19-8-4-7-18(19)14(20)12-5-3-6-16-11(12)2/h3,5-6,9H,4,7-8H2,1-2H3. The Balaban J connectivity index is 1.86. The molecule has 0 unspecified atom stereocenters. The zero-order valence-corrected chi connectivity index (χ0v) is 12.4. The number of carbonyl (C=O) groups excluding carboxylic acids is 2. The van der Waals surface area contributed by atoms with Gasteiger partial charge in [0.15, 0.2) is 5.69 Å². The summed E-state index contributed by atoms with van der Waals surface area (Å²) >= 11 is 0. The third-order valence-corrected chi connectivity index (χ3v) is 3.58. The Labute approximate surface area is 127 Å². The molecule has 7 nitrogen and oxygen atoms in total.